The van der Waals surface area contributed by atoms with Crippen LogP contribution in [0.2, 0.25) is 0 Å². The first-order valence-corrected chi connectivity index (χ1v) is 4.00. The van der Waals surface area contributed by atoms with Gasteiger partial charge in [0.1, 0.15) is 0 Å². The van der Waals surface area contributed by atoms with Crippen LogP contribution in [0, 0.1) is 0 Å². The molecule has 2 aliphatic rings. The monoisotopic (exact) mass is 138 g/mol. The zero-order valence-electron chi connectivity index (χ0n) is 6.45. The van der Waals surface area contributed by atoms with Crippen LogP contribution in [0.5, 0.6) is 0 Å². The molecular formula is C8H14N2. The normalized spacial score (nSPS) is 31.1. The summed E-state index contributed by atoms with van der Waals surface area (Å²) in [7, 11) is 2.14. The summed E-state index contributed by atoms with van der Waals surface area (Å²) in [6, 6.07) is 0.815. The predicted octanol–water partition coefficient (Wildman–Crippen LogP) is 0.867. The van der Waals surface area contributed by atoms with Crippen molar-refractivity contribution in [3.8, 4) is 0 Å². The molecule has 0 saturated carbocycles. The fourth-order valence-corrected chi connectivity index (χ4v) is 1.84. The maximum absolute atomic E-state index is 2.46. The summed E-state index contributed by atoms with van der Waals surface area (Å²) in [5, 5.41) is 0. The molecule has 2 aliphatic heterocycles. The van der Waals surface area contributed by atoms with Crippen LogP contribution in [0.3, 0.4) is 0 Å². The molecule has 0 aliphatic carbocycles. The number of likely N-dealkylation sites (N-methyl/N-ethyl adjacent to an activating group) is 1. The molecular weight excluding hydrogens is 124 g/mol. The molecule has 1 fully saturated rings. The molecule has 2 heteroatoms. The summed E-state index contributed by atoms with van der Waals surface area (Å²) in [5.41, 5.74) is 0. The van der Waals surface area contributed by atoms with Crippen LogP contribution >= 0.6 is 0 Å². The van der Waals surface area contributed by atoms with Crippen LogP contribution in [0.25, 0.3) is 0 Å². The maximum atomic E-state index is 2.46. The molecule has 0 N–H and O–H groups in total. The van der Waals surface area contributed by atoms with E-state index in [4.69, 9.17) is 0 Å². The summed E-state index contributed by atoms with van der Waals surface area (Å²) in [5.74, 6) is 0. The summed E-state index contributed by atoms with van der Waals surface area (Å²) in [6.07, 6.45) is 7.15. The van der Waals surface area contributed by atoms with Crippen molar-refractivity contribution < 1.29 is 0 Å². The van der Waals surface area contributed by atoms with Gasteiger partial charge in [-0.3, -0.25) is 0 Å². The van der Waals surface area contributed by atoms with Gasteiger partial charge in [-0.25, -0.2) is 0 Å². The van der Waals surface area contributed by atoms with Crippen LogP contribution in [0.15, 0.2) is 12.4 Å². The van der Waals surface area contributed by atoms with Gasteiger partial charge in [0.05, 0.1) is 0 Å². The van der Waals surface area contributed by atoms with Gasteiger partial charge in [0, 0.05) is 38.6 Å². The Morgan fingerprint density at radius 2 is 2.30 bits per heavy atom. The van der Waals surface area contributed by atoms with Gasteiger partial charge in [-0.15, -0.1) is 0 Å². The summed E-state index contributed by atoms with van der Waals surface area (Å²) < 4.78 is 0. The van der Waals surface area contributed by atoms with Gasteiger partial charge in [0.15, 0.2) is 0 Å². The van der Waals surface area contributed by atoms with Crippen LogP contribution in [-0.4, -0.2) is 36.0 Å². The first-order valence-electron chi connectivity index (χ1n) is 4.00. The highest BCUT2D eigenvalue weighted by atomic mass is 15.2. The SMILES string of the molecule is CN1C=CN2CCCC2C1. The van der Waals surface area contributed by atoms with E-state index in [-0.39, 0.29) is 0 Å². The van der Waals surface area contributed by atoms with Gasteiger partial charge in [0.25, 0.3) is 0 Å². The Bertz CT molecular complexity index is 153. The zero-order valence-corrected chi connectivity index (χ0v) is 6.45. The molecule has 0 amide bonds. The Kier molecular flexibility index (Phi) is 1.33. The summed E-state index contributed by atoms with van der Waals surface area (Å²) in [4.78, 5) is 4.73. The Morgan fingerprint density at radius 3 is 3.20 bits per heavy atom. The van der Waals surface area contributed by atoms with Crippen LogP contribution < -0.4 is 0 Å². The molecule has 2 nitrogen and oxygen atoms in total. The smallest absolute Gasteiger partial charge is 0.0460 e. The van der Waals surface area contributed by atoms with Crippen molar-refractivity contribution in [1.82, 2.24) is 9.80 Å². The lowest BCUT2D eigenvalue weighted by Crippen LogP contribution is -2.37. The number of rotatable bonds is 0. The Balaban J connectivity index is 2.09. The van der Waals surface area contributed by atoms with Gasteiger partial charge < -0.3 is 9.80 Å². The van der Waals surface area contributed by atoms with Crippen LogP contribution in [0.1, 0.15) is 12.8 Å². The first-order chi connectivity index (χ1) is 4.86. The molecule has 0 aromatic rings. The minimum atomic E-state index is 0.815. The standard InChI is InChI=1S/C8H14N2/c1-9-5-6-10-4-2-3-8(10)7-9/h5-6,8H,2-4,7H2,1H3. The van der Waals surface area contributed by atoms with E-state index in [2.05, 4.69) is 29.2 Å². The van der Waals surface area contributed by atoms with Crippen molar-refractivity contribution in [1.29, 1.82) is 0 Å². The van der Waals surface area contributed by atoms with Gasteiger partial charge in [-0.2, -0.15) is 0 Å². The van der Waals surface area contributed by atoms with E-state index < -0.39 is 0 Å². The first kappa shape index (κ1) is 6.08. The van der Waals surface area contributed by atoms with E-state index in [0.717, 1.165) is 6.04 Å². The molecule has 0 radical (unpaired) electrons. The number of nitrogens with zero attached hydrogens (tertiary/aromatic N) is 2. The number of hydrogen-bond donors (Lipinski definition) is 0. The second kappa shape index (κ2) is 2.19. The van der Waals surface area contributed by atoms with E-state index >= 15 is 0 Å². The quantitative estimate of drug-likeness (QED) is 0.490. The third kappa shape index (κ3) is 0.877. The fraction of sp³-hybridized carbons (Fsp3) is 0.750. The maximum Gasteiger partial charge on any atom is 0.0460 e. The Labute approximate surface area is 62.1 Å². The lowest BCUT2D eigenvalue weighted by molar-refractivity contribution is 0.248. The number of hydrogen-bond acceptors (Lipinski definition) is 2. The van der Waals surface area contributed by atoms with Gasteiger partial charge in [0.2, 0.25) is 0 Å². The molecule has 2 heterocycles. The van der Waals surface area contributed by atoms with E-state index in [0.29, 0.717) is 0 Å². The van der Waals surface area contributed by atoms with Gasteiger partial charge >= 0.3 is 0 Å². The molecule has 0 aromatic heterocycles. The minimum absolute atomic E-state index is 0.815. The summed E-state index contributed by atoms with van der Waals surface area (Å²) in [6.45, 7) is 2.49. The topological polar surface area (TPSA) is 6.48 Å². The molecule has 1 unspecified atom stereocenters. The predicted molar refractivity (Wildman–Crippen MR) is 41.5 cm³/mol. The summed E-state index contributed by atoms with van der Waals surface area (Å²) >= 11 is 0. The molecule has 0 aromatic carbocycles. The third-order valence-corrected chi connectivity index (χ3v) is 2.43. The zero-order chi connectivity index (χ0) is 6.97. The second-order valence-electron chi connectivity index (χ2n) is 3.27. The van der Waals surface area contributed by atoms with E-state index in [1.807, 2.05) is 0 Å². The lowest BCUT2D eigenvalue weighted by Gasteiger charge is -2.31. The Hall–Kier alpha value is -0.660. The fourth-order valence-electron chi connectivity index (χ4n) is 1.84. The van der Waals surface area contributed by atoms with E-state index in [9.17, 15) is 0 Å². The van der Waals surface area contributed by atoms with Gasteiger partial charge in [-0.1, -0.05) is 0 Å². The van der Waals surface area contributed by atoms with Crippen LogP contribution in [0.4, 0.5) is 0 Å². The van der Waals surface area contributed by atoms with Gasteiger partial charge in [-0.05, 0) is 12.8 Å². The molecule has 10 heavy (non-hydrogen) atoms. The highest BCUT2D eigenvalue weighted by Gasteiger charge is 2.24. The van der Waals surface area contributed by atoms with Crippen LogP contribution in [-0.2, 0) is 0 Å². The highest BCUT2D eigenvalue weighted by Crippen LogP contribution is 2.20. The third-order valence-electron chi connectivity index (χ3n) is 2.43. The van der Waals surface area contributed by atoms with Crippen molar-refractivity contribution in [2.75, 3.05) is 20.1 Å². The largest absolute Gasteiger partial charge is 0.377 e. The van der Waals surface area contributed by atoms with Crippen molar-refractivity contribution in [2.24, 2.45) is 0 Å². The van der Waals surface area contributed by atoms with Crippen molar-refractivity contribution >= 4 is 0 Å². The average molecular weight is 138 g/mol. The molecule has 2 rings (SSSR count). The molecule has 1 saturated heterocycles. The van der Waals surface area contributed by atoms with E-state index in [1.54, 1.807) is 0 Å². The molecule has 1 atom stereocenters. The van der Waals surface area contributed by atoms with E-state index in [1.165, 1.54) is 25.9 Å². The second-order valence-corrected chi connectivity index (χ2v) is 3.27. The van der Waals surface area contributed by atoms with Crippen molar-refractivity contribution in [3.63, 3.8) is 0 Å². The minimum Gasteiger partial charge on any atom is -0.377 e. The lowest BCUT2D eigenvalue weighted by atomic mass is 10.2. The Morgan fingerprint density at radius 1 is 1.40 bits per heavy atom. The highest BCUT2D eigenvalue weighted by molar-refractivity contribution is 4.96. The molecule has 56 valence electrons. The molecule has 0 spiro atoms. The molecule has 0 bridgehead atoms. The number of fused-ring (bicyclic) bond motifs is 1. The average Bonchev–Trinajstić information content (AvgIpc) is 2.33. The van der Waals surface area contributed by atoms with Crippen molar-refractivity contribution in [2.45, 2.75) is 18.9 Å². The van der Waals surface area contributed by atoms with Crippen molar-refractivity contribution in [3.05, 3.63) is 12.4 Å².